The third-order valence-corrected chi connectivity index (χ3v) is 5.85. The van der Waals surface area contributed by atoms with E-state index in [4.69, 9.17) is 4.74 Å². The van der Waals surface area contributed by atoms with Gasteiger partial charge in [-0.25, -0.2) is 4.98 Å². The molecule has 0 aliphatic carbocycles. The number of nitrogens with zero attached hydrogens (tertiary/aromatic N) is 1. The van der Waals surface area contributed by atoms with Crippen molar-refractivity contribution in [1.82, 2.24) is 10.3 Å². The second-order valence-electron chi connectivity index (χ2n) is 5.59. The first-order valence-corrected chi connectivity index (χ1v) is 9.55. The smallest absolute Gasteiger partial charge is 0.226 e. The Balaban J connectivity index is 1.43. The van der Waals surface area contributed by atoms with Gasteiger partial charge in [0.15, 0.2) is 0 Å². The van der Waals surface area contributed by atoms with E-state index >= 15 is 0 Å². The summed E-state index contributed by atoms with van der Waals surface area (Å²) in [5.41, 5.74) is 1.87. The average molecular weight is 356 g/mol. The number of rotatable bonds is 4. The van der Waals surface area contributed by atoms with Crippen LogP contribution in [0.5, 0.6) is 5.75 Å². The van der Waals surface area contributed by atoms with Gasteiger partial charge in [0.1, 0.15) is 10.8 Å². The maximum atomic E-state index is 12.4. The summed E-state index contributed by atoms with van der Waals surface area (Å²) in [6.45, 7) is 0.626. The SMILES string of the molecule is O=C(Cc1csc(-c2cccs2)n1)NC1CCOc2ccccc21. The van der Waals surface area contributed by atoms with E-state index in [0.29, 0.717) is 13.0 Å². The molecule has 0 fully saturated rings. The van der Waals surface area contributed by atoms with Crippen LogP contribution >= 0.6 is 22.7 Å². The topological polar surface area (TPSA) is 51.2 Å². The lowest BCUT2D eigenvalue weighted by atomic mass is 10.0. The fourth-order valence-electron chi connectivity index (χ4n) is 2.80. The lowest BCUT2D eigenvalue weighted by Crippen LogP contribution is -2.33. The summed E-state index contributed by atoms with van der Waals surface area (Å²) in [4.78, 5) is 18.1. The predicted molar refractivity (Wildman–Crippen MR) is 96.6 cm³/mol. The summed E-state index contributed by atoms with van der Waals surface area (Å²) in [6.07, 6.45) is 1.10. The molecule has 24 heavy (non-hydrogen) atoms. The molecule has 1 amide bonds. The number of ether oxygens (including phenoxy) is 1. The number of benzene rings is 1. The number of para-hydroxylation sites is 1. The van der Waals surface area contributed by atoms with Crippen molar-refractivity contribution in [3.05, 3.63) is 58.4 Å². The van der Waals surface area contributed by atoms with Crippen LogP contribution < -0.4 is 10.1 Å². The largest absolute Gasteiger partial charge is 0.493 e. The van der Waals surface area contributed by atoms with Gasteiger partial charge in [-0.1, -0.05) is 24.3 Å². The monoisotopic (exact) mass is 356 g/mol. The summed E-state index contributed by atoms with van der Waals surface area (Å²) in [5.74, 6) is 0.863. The number of amides is 1. The minimum atomic E-state index is -0.000248. The average Bonchev–Trinajstić information content (AvgIpc) is 3.26. The third-order valence-electron chi connectivity index (χ3n) is 3.92. The molecule has 1 aliphatic heterocycles. The number of hydrogen-bond donors (Lipinski definition) is 1. The highest BCUT2D eigenvalue weighted by Crippen LogP contribution is 2.32. The van der Waals surface area contributed by atoms with Crippen molar-refractivity contribution in [1.29, 1.82) is 0 Å². The lowest BCUT2D eigenvalue weighted by molar-refractivity contribution is -0.121. The zero-order valence-corrected chi connectivity index (χ0v) is 14.5. The van der Waals surface area contributed by atoms with Crippen LogP contribution in [0.25, 0.3) is 9.88 Å². The molecule has 0 spiro atoms. The Kier molecular flexibility index (Phi) is 4.32. The normalized spacial score (nSPS) is 16.2. The van der Waals surface area contributed by atoms with Crippen molar-refractivity contribution in [2.45, 2.75) is 18.9 Å². The van der Waals surface area contributed by atoms with Crippen LogP contribution in [0, 0.1) is 0 Å². The Morgan fingerprint density at radius 1 is 1.25 bits per heavy atom. The van der Waals surface area contributed by atoms with Crippen LogP contribution in [-0.4, -0.2) is 17.5 Å². The van der Waals surface area contributed by atoms with E-state index in [1.807, 2.05) is 47.2 Å². The highest BCUT2D eigenvalue weighted by Gasteiger charge is 2.22. The minimum Gasteiger partial charge on any atom is -0.493 e. The van der Waals surface area contributed by atoms with Gasteiger partial charge in [0.2, 0.25) is 5.91 Å². The molecule has 0 bridgehead atoms. The van der Waals surface area contributed by atoms with E-state index in [0.717, 1.165) is 33.3 Å². The Hall–Kier alpha value is -2.18. The van der Waals surface area contributed by atoms with Gasteiger partial charge in [-0.05, 0) is 17.5 Å². The van der Waals surface area contributed by atoms with Crippen molar-refractivity contribution >= 4 is 28.6 Å². The van der Waals surface area contributed by atoms with E-state index in [-0.39, 0.29) is 11.9 Å². The van der Waals surface area contributed by atoms with Gasteiger partial charge in [0.05, 0.1) is 29.6 Å². The van der Waals surface area contributed by atoms with Gasteiger partial charge < -0.3 is 10.1 Å². The number of thiazole rings is 1. The molecule has 3 aromatic rings. The molecule has 0 radical (unpaired) electrons. The zero-order valence-electron chi connectivity index (χ0n) is 12.9. The van der Waals surface area contributed by atoms with Crippen molar-refractivity contribution in [3.8, 4) is 15.6 Å². The van der Waals surface area contributed by atoms with Crippen LogP contribution in [0.4, 0.5) is 0 Å². The fraction of sp³-hybridized carbons (Fsp3) is 0.222. The Morgan fingerprint density at radius 3 is 3.04 bits per heavy atom. The molecular formula is C18H16N2O2S2. The maximum absolute atomic E-state index is 12.4. The van der Waals surface area contributed by atoms with Gasteiger partial charge in [0.25, 0.3) is 0 Å². The van der Waals surface area contributed by atoms with Crippen molar-refractivity contribution < 1.29 is 9.53 Å². The highest BCUT2D eigenvalue weighted by molar-refractivity contribution is 7.20. The van der Waals surface area contributed by atoms with Crippen LogP contribution in [0.1, 0.15) is 23.7 Å². The van der Waals surface area contributed by atoms with E-state index in [9.17, 15) is 4.79 Å². The molecule has 6 heteroatoms. The van der Waals surface area contributed by atoms with Gasteiger partial charge in [-0.15, -0.1) is 22.7 Å². The van der Waals surface area contributed by atoms with E-state index < -0.39 is 0 Å². The quantitative estimate of drug-likeness (QED) is 0.767. The Bertz CT molecular complexity index is 842. The first kappa shape index (κ1) is 15.4. The second-order valence-corrected chi connectivity index (χ2v) is 7.40. The zero-order chi connectivity index (χ0) is 16.4. The van der Waals surface area contributed by atoms with Crippen molar-refractivity contribution in [2.24, 2.45) is 0 Å². The number of thiophene rings is 1. The number of fused-ring (bicyclic) bond motifs is 1. The molecule has 122 valence electrons. The molecule has 1 atom stereocenters. The van der Waals surface area contributed by atoms with Crippen LogP contribution in [0.2, 0.25) is 0 Å². The summed E-state index contributed by atoms with van der Waals surface area (Å²) in [5, 5.41) is 8.09. The molecule has 4 rings (SSSR count). The Morgan fingerprint density at radius 2 is 2.17 bits per heavy atom. The van der Waals surface area contributed by atoms with Crippen LogP contribution in [-0.2, 0) is 11.2 Å². The number of carbonyl (C=O) groups excluding carboxylic acids is 1. The van der Waals surface area contributed by atoms with Crippen molar-refractivity contribution in [3.63, 3.8) is 0 Å². The summed E-state index contributed by atoms with van der Waals surface area (Å²) in [6, 6.07) is 11.9. The van der Waals surface area contributed by atoms with E-state index in [2.05, 4.69) is 10.3 Å². The summed E-state index contributed by atoms with van der Waals surface area (Å²) < 4.78 is 5.64. The fourth-order valence-corrected chi connectivity index (χ4v) is 4.44. The molecular weight excluding hydrogens is 340 g/mol. The molecule has 3 heterocycles. The number of nitrogens with one attached hydrogen (secondary N) is 1. The molecule has 2 aromatic heterocycles. The molecule has 1 unspecified atom stereocenters. The third kappa shape index (κ3) is 3.20. The van der Waals surface area contributed by atoms with Crippen LogP contribution in [0.3, 0.4) is 0 Å². The standard InChI is InChI=1S/C18H16N2O2S2/c21-17(10-12-11-24-18(19-12)16-6-3-9-23-16)20-14-7-8-22-15-5-2-1-4-13(14)15/h1-6,9,11,14H,7-8,10H2,(H,20,21). The van der Waals surface area contributed by atoms with Gasteiger partial charge in [-0.2, -0.15) is 0 Å². The van der Waals surface area contributed by atoms with Gasteiger partial charge in [0, 0.05) is 17.4 Å². The highest BCUT2D eigenvalue weighted by atomic mass is 32.1. The van der Waals surface area contributed by atoms with Gasteiger partial charge in [-0.3, -0.25) is 4.79 Å². The molecule has 1 aromatic carbocycles. The Labute approximate surface area is 148 Å². The molecule has 0 saturated heterocycles. The number of aromatic nitrogens is 1. The van der Waals surface area contributed by atoms with E-state index in [1.165, 1.54) is 0 Å². The number of hydrogen-bond acceptors (Lipinski definition) is 5. The first-order chi connectivity index (χ1) is 11.8. The summed E-state index contributed by atoms with van der Waals surface area (Å²) >= 11 is 3.25. The number of carbonyl (C=O) groups is 1. The lowest BCUT2D eigenvalue weighted by Gasteiger charge is -2.26. The molecule has 4 nitrogen and oxygen atoms in total. The molecule has 1 aliphatic rings. The first-order valence-electron chi connectivity index (χ1n) is 7.79. The summed E-state index contributed by atoms with van der Waals surface area (Å²) in [7, 11) is 0. The second kappa shape index (κ2) is 6.75. The maximum Gasteiger partial charge on any atom is 0.226 e. The van der Waals surface area contributed by atoms with Gasteiger partial charge >= 0.3 is 0 Å². The van der Waals surface area contributed by atoms with E-state index in [1.54, 1.807) is 22.7 Å². The molecule has 1 N–H and O–H groups in total. The van der Waals surface area contributed by atoms with Crippen LogP contribution in [0.15, 0.2) is 47.2 Å². The minimum absolute atomic E-state index is 0.000248. The molecule has 0 saturated carbocycles. The van der Waals surface area contributed by atoms with Crippen molar-refractivity contribution in [2.75, 3.05) is 6.61 Å². The predicted octanol–water partition coefficient (Wildman–Crippen LogP) is 4.05.